The molecule has 64 valence electrons. The Morgan fingerprint density at radius 3 is 2.82 bits per heavy atom. The second-order valence-electron chi connectivity index (χ2n) is 3.20. The maximum absolute atomic E-state index is 10.7. The average molecular weight is 158 g/mol. The first-order chi connectivity index (χ1) is 5.15. The Morgan fingerprint density at radius 2 is 2.18 bits per heavy atom. The minimum absolute atomic E-state index is 0.586. The molecule has 1 heterocycles. The molecule has 1 rings (SSSR count). The molecule has 0 bridgehead atoms. The molecule has 1 unspecified atom stereocenters. The highest BCUT2D eigenvalue weighted by Gasteiger charge is 2.34. The van der Waals surface area contributed by atoms with Gasteiger partial charge in [-0.25, -0.2) is 4.79 Å². The SMILES string of the molecule is CC1(C(=O)O)CCCCCO1. The topological polar surface area (TPSA) is 46.5 Å². The Kier molecular flexibility index (Phi) is 2.49. The van der Waals surface area contributed by atoms with E-state index in [1.807, 2.05) is 0 Å². The third-order valence-corrected chi connectivity index (χ3v) is 2.17. The van der Waals surface area contributed by atoms with Crippen LogP contribution in [0.4, 0.5) is 0 Å². The van der Waals surface area contributed by atoms with Crippen molar-refractivity contribution in [2.24, 2.45) is 0 Å². The molecule has 3 heteroatoms. The number of rotatable bonds is 1. The molecule has 0 aliphatic carbocycles. The lowest BCUT2D eigenvalue weighted by Gasteiger charge is -2.22. The Labute approximate surface area is 66.4 Å². The summed E-state index contributed by atoms with van der Waals surface area (Å²) >= 11 is 0. The van der Waals surface area contributed by atoms with Crippen LogP contribution >= 0.6 is 0 Å². The number of hydrogen-bond acceptors (Lipinski definition) is 2. The molecule has 0 aromatic heterocycles. The van der Waals surface area contributed by atoms with Gasteiger partial charge in [0.15, 0.2) is 5.60 Å². The third kappa shape index (κ3) is 1.93. The summed E-state index contributed by atoms with van der Waals surface area (Å²) in [4.78, 5) is 10.7. The quantitative estimate of drug-likeness (QED) is 0.627. The summed E-state index contributed by atoms with van der Waals surface area (Å²) in [5, 5.41) is 8.80. The largest absolute Gasteiger partial charge is 0.479 e. The molecule has 0 aromatic rings. The van der Waals surface area contributed by atoms with E-state index in [0.717, 1.165) is 19.3 Å². The molecular formula is C8H14O3. The van der Waals surface area contributed by atoms with E-state index in [1.165, 1.54) is 0 Å². The van der Waals surface area contributed by atoms with Crippen LogP contribution in [-0.4, -0.2) is 23.3 Å². The number of carboxylic acid groups (broad SMARTS) is 1. The van der Waals surface area contributed by atoms with Gasteiger partial charge in [-0.15, -0.1) is 0 Å². The number of carboxylic acids is 1. The molecule has 1 atom stereocenters. The van der Waals surface area contributed by atoms with Gasteiger partial charge in [-0.2, -0.15) is 0 Å². The van der Waals surface area contributed by atoms with Crippen LogP contribution < -0.4 is 0 Å². The van der Waals surface area contributed by atoms with E-state index in [2.05, 4.69) is 0 Å². The molecular weight excluding hydrogens is 144 g/mol. The monoisotopic (exact) mass is 158 g/mol. The van der Waals surface area contributed by atoms with Crippen LogP contribution in [0.5, 0.6) is 0 Å². The lowest BCUT2D eigenvalue weighted by Crippen LogP contribution is -2.37. The Balaban J connectivity index is 2.59. The molecule has 1 aliphatic rings. The van der Waals surface area contributed by atoms with E-state index >= 15 is 0 Å². The fraction of sp³-hybridized carbons (Fsp3) is 0.875. The molecule has 3 nitrogen and oxygen atoms in total. The summed E-state index contributed by atoms with van der Waals surface area (Å²) in [6.45, 7) is 2.24. The van der Waals surface area contributed by atoms with Gasteiger partial charge in [-0.3, -0.25) is 0 Å². The molecule has 0 radical (unpaired) electrons. The smallest absolute Gasteiger partial charge is 0.335 e. The molecule has 1 N–H and O–H groups in total. The summed E-state index contributed by atoms with van der Waals surface area (Å²) in [7, 11) is 0. The highest BCUT2D eigenvalue weighted by Crippen LogP contribution is 2.23. The zero-order valence-electron chi connectivity index (χ0n) is 6.80. The van der Waals surface area contributed by atoms with Gasteiger partial charge in [0.05, 0.1) is 0 Å². The Hall–Kier alpha value is -0.570. The van der Waals surface area contributed by atoms with Crippen molar-refractivity contribution in [1.82, 2.24) is 0 Å². The van der Waals surface area contributed by atoms with Crippen molar-refractivity contribution in [3.05, 3.63) is 0 Å². The Bertz CT molecular complexity index is 145. The normalized spacial score (nSPS) is 32.8. The van der Waals surface area contributed by atoms with Gasteiger partial charge in [0.1, 0.15) is 0 Å². The van der Waals surface area contributed by atoms with Crippen molar-refractivity contribution in [3.63, 3.8) is 0 Å². The minimum atomic E-state index is -0.920. The van der Waals surface area contributed by atoms with Crippen LogP contribution in [0.3, 0.4) is 0 Å². The van der Waals surface area contributed by atoms with E-state index in [-0.39, 0.29) is 0 Å². The third-order valence-electron chi connectivity index (χ3n) is 2.17. The summed E-state index contributed by atoms with van der Waals surface area (Å²) < 4.78 is 5.25. The van der Waals surface area contributed by atoms with Gasteiger partial charge in [0, 0.05) is 6.61 Å². The summed E-state index contributed by atoms with van der Waals surface area (Å²) in [5.74, 6) is -0.834. The average Bonchev–Trinajstić information content (AvgIpc) is 2.15. The van der Waals surface area contributed by atoms with Gasteiger partial charge >= 0.3 is 5.97 Å². The predicted molar refractivity (Wildman–Crippen MR) is 40.5 cm³/mol. The fourth-order valence-electron chi connectivity index (χ4n) is 1.28. The van der Waals surface area contributed by atoms with E-state index in [9.17, 15) is 4.79 Å². The van der Waals surface area contributed by atoms with Gasteiger partial charge in [0.25, 0.3) is 0 Å². The van der Waals surface area contributed by atoms with Gasteiger partial charge < -0.3 is 9.84 Å². The summed E-state index contributed by atoms with van der Waals surface area (Å²) in [6, 6.07) is 0. The second-order valence-corrected chi connectivity index (χ2v) is 3.20. The molecule has 1 aliphatic heterocycles. The van der Waals surface area contributed by atoms with Gasteiger partial charge in [-0.05, 0) is 26.2 Å². The van der Waals surface area contributed by atoms with Crippen molar-refractivity contribution < 1.29 is 14.6 Å². The van der Waals surface area contributed by atoms with E-state index in [1.54, 1.807) is 6.92 Å². The first kappa shape index (κ1) is 8.53. The highest BCUT2D eigenvalue weighted by molar-refractivity contribution is 5.76. The second kappa shape index (κ2) is 3.22. The van der Waals surface area contributed by atoms with Gasteiger partial charge in [0.2, 0.25) is 0 Å². The van der Waals surface area contributed by atoms with Crippen molar-refractivity contribution in [2.45, 2.75) is 38.2 Å². The van der Waals surface area contributed by atoms with Crippen molar-refractivity contribution in [1.29, 1.82) is 0 Å². The maximum atomic E-state index is 10.7. The molecule has 1 fully saturated rings. The fourth-order valence-corrected chi connectivity index (χ4v) is 1.28. The molecule has 0 spiro atoms. The van der Waals surface area contributed by atoms with Crippen molar-refractivity contribution in [2.75, 3.05) is 6.61 Å². The van der Waals surface area contributed by atoms with Crippen LogP contribution in [0.25, 0.3) is 0 Å². The summed E-state index contributed by atoms with van der Waals surface area (Å²) in [6.07, 6.45) is 3.68. The van der Waals surface area contributed by atoms with Crippen LogP contribution in [-0.2, 0) is 9.53 Å². The highest BCUT2D eigenvalue weighted by atomic mass is 16.5. The molecule has 0 aromatic carbocycles. The number of ether oxygens (including phenoxy) is 1. The zero-order valence-corrected chi connectivity index (χ0v) is 6.80. The van der Waals surface area contributed by atoms with Crippen LogP contribution in [0.15, 0.2) is 0 Å². The van der Waals surface area contributed by atoms with Gasteiger partial charge in [-0.1, -0.05) is 6.42 Å². The minimum Gasteiger partial charge on any atom is -0.479 e. The number of aliphatic carboxylic acids is 1. The van der Waals surface area contributed by atoms with E-state index in [0.29, 0.717) is 13.0 Å². The molecule has 0 amide bonds. The van der Waals surface area contributed by atoms with E-state index < -0.39 is 11.6 Å². The first-order valence-corrected chi connectivity index (χ1v) is 4.02. The molecule has 1 saturated heterocycles. The van der Waals surface area contributed by atoms with Crippen LogP contribution in [0.2, 0.25) is 0 Å². The lowest BCUT2D eigenvalue weighted by atomic mass is 10.00. The van der Waals surface area contributed by atoms with Crippen molar-refractivity contribution >= 4 is 5.97 Å². The number of carbonyl (C=O) groups is 1. The van der Waals surface area contributed by atoms with Crippen LogP contribution in [0, 0.1) is 0 Å². The molecule has 0 saturated carbocycles. The van der Waals surface area contributed by atoms with Crippen LogP contribution in [0.1, 0.15) is 32.6 Å². The van der Waals surface area contributed by atoms with E-state index in [4.69, 9.17) is 9.84 Å². The lowest BCUT2D eigenvalue weighted by molar-refractivity contribution is -0.163. The predicted octanol–water partition coefficient (Wildman–Crippen LogP) is 1.42. The Morgan fingerprint density at radius 1 is 1.45 bits per heavy atom. The zero-order chi connectivity index (χ0) is 8.32. The van der Waals surface area contributed by atoms with Crippen molar-refractivity contribution in [3.8, 4) is 0 Å². The molecule has 11 heavy (non-hydrogen) atoms. The first-order valence-electron chi connectivity index (χ1n) is 4.02. The maximum Gasteiger partial charge on any atom is 0.335 e. The number of hydrogen-bond donors (Lipinski definition) is 1. The summed E-state index contributed by atoms with van der Waals surface area (Å²) in [5.41, 5.74) is -0.920. The standard InChI is InChI=1S/C8H14O3/c1-8(7(9)10)5-3-2-4-6-11-8/h2-6H2,1H3,(H,9,10).